The third-order valence-corrected chi connectivity index (χ3v) is 5.36. The summed E-state index contributed by atoms with van der Waals surface area (Å²) in [6.07, 6.45) is 7.16. The van der Waals surface area contributed by atoms with E-state index in [0.717, 1.165) is 24.8 Å². The SMILES string of the molecule is CCC1(CC)C=CC(N)(c2ccc3ccccc3c2)C(=N)C1. The van der Waals surface area contributed by atoms with Crippen LogP contribution in [0.2, 0.25) is 0 Å². The summed E-state index contributed by atoms with van der Waals surface area (Å²) < 4.78 is 0. The summed E-state index contributed by atoms with van der Waals surface area (Å²) in [6.45, 7) is 4.39. The van der Waals surface area contributed by atoms with E-state index >= 15 is 0 Å². The van der Waals surface area contributed by atoms with Crippen molar-refractivity contribution in [2.45, 2.75) is 38.6 Å². The zero-order chi connectivity index (χ0) is 15.8. The van der Waals surface area contributed by atoms with Crippen LogP contribution in [0.5, 0.6) is 0 Å². The van der Waals surface area contributed by atoms with E-state index in [1.54, 1.807) is 0 Å². The van der Waals surface area contributed by atoms with Gasteiger partial charge in [-0.25, -0.2) is 0 Å². The first-order valence-electron chi connectivity index (χ1n) is 8.09. The Hall–Kier alpha value is -1.93. The van der Waals surface area contributed by atoms with Gasteiger partial charge >= 0.3 is 0 Å². The van der Waals surface area contributed by atoms with Crippen LogP contribution in [0.15, 0.2) is 54.6 Å². The third-order valence-electron chi connectivity index (χ3n) is 5.36. The fourth-order valence-corrected chi connectivity index (χ4v) is 3.42. The van der Waals surface area contributed by atoms with Gasteiger partial charge in [0.1, 0.15) is 0 Å². The predicted molar refractivity (Wildman–Crippen MR) is 94.3 cm³/mol. The molecule has 0 aliphatic heterocycles. The molecule has 0 spiro atoms. The van der Waals surface area contributed by atoms with E-state index in [9.17, 15) is 0 Å². The van der Waals surface area contributed by atoms with Crippen molar-refractivity contribution >= 4 is 16.5 Å². The Morgan fingerprint density at radius 2 is 1.68 bits per heavy atom. The maximum Gasteiger partial charge on any atom is 0.0979 e. The van der Waals surface area contributed by atoms with Crippen LogP contribution in [0.3, 0.4) is 0 Å². The molecule has 2 heteroatoms. The average Bonchev–Trinajstić information content (AvgIpc) is 2.57. The summed E-state index contributed by atoms with van der Waals surface area (Å²) in [5, 5.41) is 11.0. The van der Waals surface area contributed by atoms with E-state index in [1.165, 1.54) is 10.8 Å². The van der Waals surface area contributed by atoms with E-state index < -0.39 is 5.54 Å². The first-order chi connectivity index (χ1) is 10.5. The minimum atomic E-state index is -0.766. The van der Waals surface area contributed by atoms with Gasteiger partial charge in [0.2, 0.25) is 0 Å². The molecule has 0 radical (unpaired) electrons. The lowest BCUT2D eigenvalue weighted by molar-refractivity contribution is 0.349. The molecule has 1 unspecified atom stereocenters. The Bertz CT molecular complexity index is 740. The van der Waals surface area contributed by atoms with Crippen molar-refractivity contribution in [1.82, 2.24) is 0 Å². The van der Waals surface area contributed by atoms with Crippen molar-refractivity contribution in [3.05, 3.63) is 60.2 Å². The third kappa shape index (κ3) is 2.28. The van der Waals surface area contributed by atoms with Gasteiger partial charge in [-0.05, 0) is 47.1 Å². The molecular weight excluding hydrogens is 268 g/mol. The molecule has 1 aliphatic carbocycles. The molecular formula is C20H24N2. The molecule has 0 bridgehead atoms. The minimum Gasteiger partial charge on any atom is -0.314 e. The molecule has 0 fully saturated rings. The molecule has 2 nitrogen and oxygen atoms in total. The summed E-state index contributed by atoms with van der Waals surface area (Å²) in [5.74, 6) is 0. The second-order valence-electron chi connectivity index (χ2n) is 6.49. The van der Waals surface area contributed by atoms with Crippen molar-refractivity contribution in [2.24, 2.45) is 11.1 Å². The molecule has 0 saturated carbocycles. The zero-order valence-corrected chi connectivity index (χ0v) is 13.4. The van der Waals surface area contributed by atoms with Crippen molar-refractivity contribution in [1.29, 1.82) is 5.41 Å². The average molecular weight is 292 g/mol. The maximum atomic E-state index is 8.57. The molecule has 0 saturated heterocycles. The molecule has 1 aliphatic rings. The molecule has 3 rings (SSSR count). The lowest BCUT2D eigenvalue weighted by Crippen LogP contribution is -2.47. The van der Waals surface area contributed by atoms with Crippen molar-refractivity contribution in [2.75, 3.05) is 0 Å². The summed E-state index contributed by atoms with van der Waals surface area (Å²) in [7, 11) is 0. The number of rotatable bonds is 3. The highest BCUT2D eigenvalue weighted by molar-refractivity contribution is 5.97. The highest BCUT2D eigenvalue weighted by Gasteiger charge is 2.39. The Labute approximate surface area is 132 Å². The normalized spacial score (nSPS) is 23.9. The smallest absolute Gasteiger partial charge is 0.0979 e. The van der Waals surface area contributed by atoms with Crippen LogP contribution >= 0.6 is 0 Å². The van der Waals surface area contributed by atoms with Crippen LogP contribution in [0.4, 0.5) is 0 Å². The van der Waals surface area contributed by atoms with E-state index in [1.807, 2.05) is 12.1 Å². The molecule has 3 N–H and O–H groups in total. The van der Waals surface area contributed by atoms with Gasteiger partial charge in [-0.1, -0.05) is 62.4 Å². The molecule has 0 aromatic heterocycles. The van der Waals surface area contributed by atoms with Gasteiger partial charge in [0.05, 0.1) is 5.54 Å². The van der Waals surface area contributed by atoms with Crippen LogP contribution < -0.4 is 5.73 Å². The van der Waals surface area contributed by atoms with Gasteiger partial charge in [0.15, 0.2) is 0 Å². The largest absolute Gasteiger partial charge is 0.314 e. The van der Waals surface area contributed by atoms with Gasteiger partial charge in [-0.15, -0.1) is 0 Å². The second kappa shape index (κ2) is 5.36. The number of benzene rings is 2. The van der Waals surface area contributed by atoms with Crippen LogP contribution in [0.1, 0.15) is 38.7 Å². The molecule has 2 aromatic carbocycles. The molecule has 114 valence electrons. The Balaban J connectivity index is 2.07. The van der Waals surface area contributed by atoms with Crippen molar-refractivity contribution < 1.29 is 0 Å². The van der Waals surface area contributed by atoms with E-state index in [0.29, 0.717) is 5.71 Å². The van der Waals surface area contributed by atoms with Crippen LogP contribution in [0, 0.1) is 10.8 Å². The van der Waals surface area contributed by atoms with Crippen LogP contribution in [-0.2, 0) is 5.54 Å². The van der Waals surface area contributed by atoms with E-state index in [2.05, 4.69) is 56.3 Å². The Kier molecular flexibility index (Phi) is 3.65. The fourth-order valence-electron chi connectivity index (χ4n) is 3.42. The number of fused-ring (bicyclic) bond motifs is 1. The minimum absolute atomic E-state index is 0.108. The molecule has 22 heavy (non-hydrogen) atoms. The standard InChI is InChI=1S/C20H24N2/c1-3-19(4-2)11-12-20(22,18(21)14-19)17-10-9-15-7-5-6-8-16(15)13-17/h5-13,21H,3-4,14,22H2,1-2H3. The molecule has 1 atom stereocenters. The number of nitrogens with one attached hydrogen (secondary N) is 1. The van der Waals surface area contributed by atoms with Gasteiger partial charge in [0, 0.05) is 5.71 Å². The Morgan fingerprint density at radius 1 is 1.00 bits per heavy atom. The second-order valence-corrected chi connectivity index (χ2v) is 6.49. The Morgan fingerprint density at radius 3 is 2.32 bits per heavy atom. The summed E-state index contributed by atoms with van der Waals surface area (Å²) in [6, 6.07) is 14.6. The van der Waals surface area contributed by atoms with Gasteiger partial charge < -0.3 is 11.1 Å². The molecule has 0 heterocycles. The van der Waals surface area contributed by atoms with Gasteiger partial charge in [-0.2, -0.15) is 0 Å². The van der Waals surface area contributed by atoms with E-state index in [4.69, 9.17) is 11.1 Å². The lowest BCUT2D eigenvalue weighted by Gasteiger charge is -2.40. The highest BCUT2D eigenvalue weighted by Crippen LogP contribution is 2.41. The van der Waals surface area contributed by atoms with Crippen molar-refractivity contribution in [3.63, 3.8) is 0 Å². The molecule has 0 amide bonds. The molecule has 2 aromatic rings. The summed E-state index contributed by atoms with van der Waals surface area (Å²) in [4.78, 5) is 0. The summed E-state index contributed by atoms with van der Waals surface area (Å²) >= 11 is 0. The number of hydrogen-bond donors (Lipinski definition) is 2. The first-order valence-corrected chi connectivity index (χ1v) is 8.09. The van der Waals surface area contributed by atoms with E-state index in [-0.39, 0.29) is 5.41 Å². The van der Waals surface area contributed by atoms with Gasteiger partial charge in [-0.3, -0.25) is 0 Å². The number of nitrogens with two attached hydrogens (primary N) is 1. The maximum absolute atomic E-state index is 8.57. The monoisotopic (exact) mass is 292 g/mol. The zero-order valence-electron chi connectivity index (χ0n) is 13.4. The van der Waals surface area contributed by atoms with Gasteiger partial charge in [0.25, 0.3) is 0 Å². The lowest BCUT2D eigenvalue weighted by atomic mass is 9.67. The highest BCUT2D eigenvalue weighted by atomic mass is 14.8. The van der Waals surface area contributed by atoms with Crippen LogP contribution in [-0.4, -0.2) is 5.71 Å². The predicted octanol–water partition coefficient (Wildman–Crippen LogP) is 4.78. The summed E-state index contributed by atoms with van der Waals surface area (Å²) in [5.41, 5.74) is 7.60. The van der Waals surface area contributed by atoms with Crippen molar-refractivity contribution in [3.8, 4) is 0 Å². The number of hydrogen-bond acceptors (Lipinski definition) is 2. The number of allylic oxidation sites excluding steroid dienone is 1. The first kappa shape index (κ1) is 15.0. The fraction of sp³-hybridized carbons (Fsp3) is 0.350. The quantitative estimate of drug-likeness (QED) is 0.786. The topological polar surface area (TPSA) is 49.9 Å². The van der Waals surface area contributed by atoms with Crippen LogP contribution in [0.25, 0.3) is 10.8 Å².